The fourth-order valence-corrected chi connectivity index (χ4v) is 6.85. The lowest BCUT2D eigenvalue weighted by Crippen LogP contribution is -2.45. The molecule has 0 bridgehead atoms. The number of fused-ring (bicyclic) bond motifs is 1. The maximum Gasteiger partial charge on any atom is 0.252 e. The van der Waals surface area contributed by atoms with Crippen LogP contribution in [0.1, 0.15) is 24.8 Å². The van der Waals surface area contributed by atoms with Crippen LogP contribution in [-0.2, 0) is 21.2 Å². The van der Waals surface area contributed by atoms with Crippen LogP contribution in [0, 0.1) is 5.92 Å². The number of carbonyl (C=O) groups is 1. The van der Waals surface area contributed by atoms with E-state index in [-0.39, 0.29) is 18.4 Å². The monoisotopic (exact) mass is 433 g/mol. The highest BCUT2D eigenvalue weighted by Crippen LogP contribution is 2.28. The Morgan fingerprint density at radius 1 is 1.17 bits per heavy atom. The van der Waals surface area contributed by atoms with Crippen LogP contribution in [0.3, 0.4) is 0 Å². The molecule has 156 valence electrons. The predicted octanol–water partition coefficient (Wildman–Crippen LogP) is 2.72. The molecular weight excluding hydrogens is 406 g/mol. The summed E-state index contributed by atoms with van der Waals surface area (Å²) in [6, 6.07) is 11.8. The molecule has 1 N–H and O–H groups in total. The summed E-state index contributed by atoms with van der Waals surface area (Å²) in [6.07, 6.45) is 3.41. The van der Waals surface area contributed by atoms with Gasteiger partial charge in [0.05, 0.1) is 5.92 Å². The van der Waals surface area contributed by atoms with E-state index in [4.69, 9.17) is 0 Å². The molecule has 1 aromatic heterocycles. The van der Waals surface area contributed by atoms with E-state index in [2.05, 4.69) is 34.5 Å². The fourth-order valence-electron chi connectivity index (χ4n) is 4.18. The number of amides is 1. The number of anilines is 1. The van der Waals surface area contributed by atoms with Gasteiger partial charge in [0.25, 0.3) is 10.0 Å². The molecule has 4 rings (SSSR count). The van der Waals surface area contributed by atoms with Gasteiger partial charge in [-0.3, -0.25) is 4.79 Å². The number of nitrogens with one attached hydrogen (secondary N) is 1. The zero-order valence-electron chi connectivity index (χ0n) is 16.4. The van der Waals surface area contributed by atoms with Crippen molar-refractivity contribution < 1.29 is 13.2 Å². The molecule has 1 atom stereocenters. The molecule has 0 saturated carbocycles. The van der Waals surface area contributed by atoms with E-state index in [1.54, 1.807) is 17.5 Å². The van der Waals surface area contributed by atoms with Crippen LogP contribution in [0.4, 0.5) is 5.69 Å². The summed E-state index contributed by atoms with van der Waals surface area (Å²) in [4.78, 5) is 15.0. The Hall–Kier alpha value is -1.90. The molecule has 6 nitrogen and oxygen atoms in total. The van der Waals surface area contributed by atoms with E-state index in [1.807, 2.05) is 0 Å². The highest BCUT2D eigenvalue weighted by Gasteiger charge is 2.33. The number of thiophene rings is 1. The molecule has 0 radical (unpaired) electrons. The molecule has 1 amide bonds. The number of para-hydroxylation sites is 1. The van der Waals surface area contributed by atoms with Gasteiger partial charge >= 0.3 is 0 Å². The summed E-state index contributed by atoms with van der Waals surface area (Å²) in [7, 11) is -3.48. The van der Waals surface area contributed by atoms with E-state index >= 15 is 0 Å². The van der Waals surface area contributed by atoms with Crippen molar-refractivity contribution in [3.05, 3.63) is 47.3 Å². The summed E-state index contributed by atoms with van der Waals surface area (Å²) in [5.41, 5.74) is 2.70. The Kier molecular flexibility index (Phi) is 6.22. The van der Waals surface area contributed by atoms with Gasteiger partial charge in [-0.1, -0.05) is 24.3 Å². The second-order valence-electron chi connectivity index (χ2n) is 7.64. The van der Waals surface area contributed by atoms with Crippen LogP contribution in [-0.4, -0.2) is 51.4 Å². The molecule has 1 unspecified atom stereocenters. The summed E-state index contributed by atoms with van der Waals surface area (Å²) < 4.78 is 27.3. The first-order valence-electron chi connectivity index (χ1n) is 10.2. The highest BCUT2D eigenvalue weighted by molar-refractivity contribution is 7.91. The molecule has 2 aromatic rings. The van der Waals surface area contributed by atoms with Crippen molar-refractivity contribution in [2.45, 2.75) is 29.9 Å². The van der Waals surface area contributed by atoms with Crippen molar-refractivity contribution >= 4 is 33.0 Å². The van der Waals surface area contributed by atoms with Crippen molar-refractivity contribution in [2.24, 2.45) is 5.92 Å². The maximum atomic E-state index is 12.7. The molecule has 2 aliphatic heterocycles. The van der Waals surface area contributed by atoms with E-state index in [9.17, 15) is 13.2 Å². The first-order valence-corrected chi connectivity index (χ1v) is 12.5. The van der Waals surface area contributed by atoms with Crippen molar-refractivity contribution in [1.82, 2.24) is 9.62 Å². The molecule has 1 fully saturated rings. The van der Waals surface area contributed by atoms with E-state index in [0.717, 1.165) is 32.4 Å². The standard InChI is InChI=1S/C21H27N3O3S2/c25-21(22-11-5-12-23-14-10-17-6-1-2-8-19(17)23)18-7-3-13-24(16-18)29(26,27)20-9-4-15-28-20/h1-2,4,6,8-9,15,18H,3,5,7,10-14,16H2,(H,22,25). The topological polar surface area (TPSA) is 69.7 Å². The first-order chi connectivity index (χ1) is 14.1. The van der Waals surface area contributed by atoms with Crippen molar-refractivity contribution in [1.29, 1.82) is 0 Å². The molecule has 0 aliphatic carbocycles. The first kappa shape index (κ1) is 20.4. The van der Waals surface area contributed by atoms with Crippen LogP contribution in [0.5, 0.6) is 0 Å². The Morgan fingerprint density at radius 2 is 2.03 bits per heavy atom. The molecule has 0 spiro atoms. The molecule has 1 aromatic carbocycles. The van der Waals surface area contributed by atoms with E-state index in [1.165, 1.54) is 26.9 Å². The lowest BCUT2D eigenvalue weighted by molar-refractivity contribution is -0.126. The van der Waals surface area contributed by atoms with Crippen LogP contribution >= 0.6 is 11.3 Å². The average Bonchev–Trinajstić information content (AvgIpc) is 3.42. The Labute approximate surface area is 176 Å². The van der Waals surface area contributed by atoms with Gasteiger partial charge < -0.3 is 10.2 Å². The Morgan fingerprint density at radius 3 is 2.86 bits per heavy atom. The predicted molar refractivity (Wildman–Crippen MR) is 116 cm³/mol. The number of rotatable bonds is 7. The summed E-state index contributed by atoms with van der Waals surface area (Å²) in [5, 5.41) is 4.79. The SMILES string of the molecule is O=C(NCCCN1CCc2ccccc21)C1CCCN(S(=O)(=O)c2cccs2)C1. The normalized spacial score (nSPS) is 19.9. The van der Waals surface area contributed by atoms with Crippen molar-refractivity contribution in [3.8, 4) is 0 Å². The zero-order chi connectivity index (χ0) is 20.3. The highest BCUT2D eigenvalue weighted by atomic mass is 32.2. The Bertz CT molecular complexity index is 944. The van der Waals surface area contributed by atoms with Crippen molar-refractivity contribution in [2.75, 3.05) is 37.6 Å². The third kappa shape index (κ3) is 4.49. The van der Waals surface area contributed by atoms with Crippen LogP contribution in [0.25, 0.3) is 0 Å². The third-order valence-corrected chi connectivity index (χ3v) is 8.97. The molecule has 2 aliphatic rings. The molecule has 3 heterocycles. The van der Waals surface area contributed by atoms with Gasteiger partial charge in [0.2, 0.25) is 5.91 Å². The van der Waals surface area contributed by atoms with Gasteiger partial charge in [0, 0.05) is 38.4 Å². The van der Waals surface area contributed by atoms with Gasteiger partial charge in [0.15, 0.2) is 0 Å². The summed E-state index contributed by atoms with van der Waals surface area (Å²) >= 11 is 1.22. The fraction of sp³-hybridized carbons (Fsp3) is 0.476. The van der Waals surface area contributed by atoms with Crippen LogP contribution in [0.2, 0.25) is 0 Å². The number of sulfonamides is 1. The van der Waals surface area contributed by atoms with Gasteiger partial charge in [-0.05, 0) is 48.8 Å². The number of hydrogen-bond donors (Lipinski definition) is 1. The number of carbonyl (C=O) groups excluding carboxylic acids is 1. The average molecular weight is 434 g/mol. The maximum absolute atomic E-state index is 12.7. The number of hydrogen-bond acceptors (Lipinski definition) is 5. The van der Waals surface area contributed by atoms with Gasteiger partial charge in [-0.25, -0.2) is 8.42 Å². The summed E-state index contributed by atoms with van der Waals surface area (Å²) in [6.45, 7) is 3.32. The summed E-state index contributed by atoms with van der Waals surface area (Å²) in [5.74, 6) is -0.302. The molecule has 29 heavy (non-hydrogen) atoms. The third-order valence-electron chi connectivity index (χ3n) is 5.73. The van der Waals surface area contributed by atoms with Crippen LogP contribution in [0.15, 0.2) is 46.0 Å². The number of nitrogens with zero attached hydrogens (tertiary/aromatic N) is 2. The van der Waals surface area contributed by atoms with Crippen LogP contribution < -0.4 is 10.2 Å². The minimum atomic E-state index is -3.48. The minimum Gasteiger partial charge on any atom is -0.371 e. The second kappa shape index (κ2) is 8.85. The molecular formula is C21H27N3O3S2. The van der Waals surface area contributed by atoms with Gasteiger partial charge in [-0.2, -0.15) is 4.31 Å². The lowest BCUT2D eigenvalue weighted by atomic mass is 9.99. The second-order valence-corrected chi connectivity index (χ2v) is 10.8. The van der Waals surface area contributed by atoms with Crippen molar-refractivity contribution in [3.63, 3.8) is 0 Å². The number of piperidine rings is 1. The van der Waals surface area contributed by atoms with E-state index in [0.29, 0.717) is 23.7 Å². The quantitative estimate of drug-likeness (QED) is 0.682. The minimum absolute atomic E-state index is 0.0297. The molecule has 8 heteroatoms. The van der Waals surface area contributed by atoms with Gasteiger partial charge in [0.1, 0.15) is 4.21 Å². The van der Waals surface area contributed by atoms with E-state index < -0.39 is 10.0 Å². The smallest absolute Gasteiger partial charge is 0.252 e. The largest absolute Gasteiger partial charge is 0.371 e. The van der Waals surface area contributed by atoms with Gasteiger partial charge in [-0.15, -0.1) is 11.3 Å². The zero-order valence-corrected chi connectivity index (χ0v) is 18.1. The Balaban J connectivity index is 1.25. The molecule has 1 saturated heterocycles. The number of benzene rings is 1. The lowest BCUT2D eigenvalue weighted by Gasteiger charge is -2.30.